The van der Waals surface area contributed by atoms with Crippen molar-refractivity contribution in [1.82, 2.24) is 5.32 Å². The third kappa shape index (κ3) is 2.96. The lowest BCUT2D eigenvalue weighted by Crippen LogP contribution is -2.07. The van der Waals surface area contributed by atoms with E-state index < -0.39 is 0 Å². The molecule has 0 rings (SSSR count). The van der Waals surface area contributed by atoms with Crippen molar-refractivity contribution in [1.29, 1.82) is 0 Å². The summed E-state index contributed by atoms with van der Waals surface area (Å²) < 4.78 is 0. The first-order chi connectivity index (χ1) is 4.35. The SMILES string of the molecule is C#C/C=C(\C#C)NC=O. The van der Waals surface area contributed by atoms with Crippen LogP contribution in [0, 0.1) is 24.7 Å². The minimum atomic E-state index is 0.299. The molecule has 0 aliphatic carbocycles. The predicted molar refractivity (Wildman–Crippen MR) is 34.9 cm³/mol. The van der Waals surface area contributed by atoms with E-state index in [9.17, 15) is 4.79 Å². The van der Waals surface area contributed by atoms with Gasteiger partial charge in [0.2, 0.25) is 6.41 Å². The predicted octanol–water partition coefficient (Wildman–Crippen LogP) is -0.117. The smallest absolute Gasteiger partial charge is 0.212 e. The first kappa shape index (κ1) is 7.33. The van der Waals surface area contributed by atoms with Gasteiger partial charge in [-0.1, -0.05) is 11.8 Å². The third-order valence-corrected chi connectivity index (χ3v) is 0.598. The fourth-order valence-electron chi connectivity index (χ4n) is 0.272. The van der Waals surface area contributed by atoms with E-state index in [1.807, 2.05) is 0 Å². The number of terminal acetylenes is 2. The number of nitrogens with one attached hydrogen (secondary N) is 1. The van der Waals surface area contributed by atoms with Crippen molar-refractivity contribution in [3.8, 4) is 24.7 Å². The monoisotopic (exact) mass is 119 g/mol. The highest BCUT2D eigenvalue weighted by Gasteiger charge is 1.82. The lowest BCUT2D eigenvalue weighted by atomic mass is 10.4. The standard InChI is InChI=1S/C7H5NO/c1-3-5-7(4-2)8-6-9/h1-2,5-6H,(H,8,9)/b7-5+. The molecular formula is C7H5NO. The summed E-state index contributed by atoms with van der Waals surface area (Å²) in [5.41, 5.74) is 0.299. The van der Waals surface area contributed by atoms with Gasteiger partial charge in [0.15, 0.2) is 0 Å². The Morgan fingerprint density at radius 1 is 1.56 bits per heavy atom. The molecule has 0 saturated heterocycles. The fourth-order valence-corrected chi connectivity index (χ4v) is 0.272. The van der Waals surface area contributed by atoms with Crippen LogP contribution in [0.25, 0.3) is 0 Å². The van der Waals surface area contributed by atoms with Crippen molar-refractivity contribution in [3.63, 3.8) is 0 Å². The molecule has 0 bridgehead atoms. The van der Waals surface area contributed by atoms with Gasteiger partial charge in [0.25, 0.3) is 0 Å². The Balaban J connectivity index is 4.06. The van der Waals surface area contributed by atoms with E-state index in [1.54, 1.807) is 0 Å². The van der Waals surface area contributed by atoms with Gasteiger partial charge in [-0.05, 0) is 0 Å². The summed E-state index contributed by atoms with van der Waals surface area (Å²) in [7, 11) is 0. The van der Waals surface area contributed by atoms with Crippen LogP contribution in [-0.4, -0.2) is 6.41 Å². The van der Waals surface area contributed by atoms with Gasteiger partial charge in [-0.15, -0.1) is 12.8 Å². The Morgan fingerprint density at radius 3 is 2.56 bits per heavy atom. The molecule has 0 radical (unpaired) electrons. The normalized spacial score (nSPS) is 8.89. The van der Waals surface area contributed by atoms with Crippen LogP contribution in [-0.2, 0) is 4.79 Å². The van der Waals surface area contributed by atoms with Crippen LogP contribution in [0.2, 0.25) is 0 Å². The molecule has 0 unspecified atom stereocenters. The molecule has 0 saturated carbocycles. The van der Waals surface area contributed by atoms with Crippen LogP contribution >= 0.6 is 0 Å². The maximum Gasteiger partial charge on any atom is 0.212 e. The molecule has 0 spiro atoms. The quantitative estimate of drug-likeness (QED) is 0.398. The Bertz CT molecular complexity index is 202. The van der Waals surface area contributed by atoms with Crippen molar-refractivity contribution >= 4 is 6.41 Å². The minimum Gasteiger partial charge on any atom is -0.321 e. The Hall–Kier alpha value is -1.67. The van der Waals surface area contributed by atoms with Gasteiger partial charge in [-0.2, -0.15) is 0 Å². The Labute approximate surface area is 53.9 Å². The topological polar surface area (TPSA) is 29.1 Å². The summed E-state index contributed by atoms with van der Waals surface area (Å²) in [6, 6.07) is 0. The summed E-state index contributed by atoms with van der Waals surface area (Å²) in [5.74, 6) is 4.36. The van der Waals surface area contributed by atoms with Gasteiger partial charge in [0, 0.05) is 6.08 Å². The minimum absolute atomic E-state index is 0.299. The molecule has 0 aromatic heterocycles. The Morgan fingerprint density at radius 2 is 2.22 bits per heavy atom. The van der Waals surface area contributed by atoms with E-state index in [0.717, 1.165) is 0 Å². The van der Waals surface area contributed by atoms with Crippen molar-refractivity contribution in [2.45, 2.75) is 0 Å². The zero-order valence-electron chi connectivity index (χ0n) is 4.72. The van der Waals surface area contributed by atoms with Gasteiger partial charge in [0.1, 0.15) is 0 Å². The number of amides is 1. The van der Waals surface area contributed by atoms with Gasteiger partial charge in [-0.25, -0.2) is 0 Å². The van der Waals surface area contributed by atoms with Crippen LogP contribution in [0.3, 0.4) is 0 Å². The molecule has 0 aromatic rings. The Kier molecular flexibility index (Phi) is 3.66. The zero-order valence-corrected chi connectivity index (χ0v) is 4.72. The zero-order chi connectivity index (χ0) is 7.11. The van der Waals surface area contributed by atoms with E-state index in [0.29, 0.717) is 12.1 Å². The van der Waals surface area contributed by atoms with E-state index in [2.05, 4.69) is 17.2 Å². The molecular weight excluding hydrogens is 114 g/mol. The van der Waals surface area contributed by atoms with Crippen LogP contribution in [0.1, 0.15) is 0 Å². The average molecular weight is 119 g/mol. The maximum absolute atomic E-state index is 9.73. The second kappa shape index (κ2) is 4.49. The molecule has 0 aromatic carbocycles. The van der Waals surface area contributed by atoms with E-state index >= 15 is 0 Å². The highest BCUT2D eigenvalue weighted by atomic mass is 16.1. The van der Waals surface area contributed by atoms with Gasteiger partial charge in [0.05, 0.1) is 5.70 Å². The average Bonchev–Trinajstić information content (AvgIpc) is 1.88. The number of carbonyl (C=O) groups excluding carboxylic acids is 1. The molecule has 9 heavy (non-hydrogen) atoms. The van der Waals surface area contributed by atoms with Crippen LogP contribution < -0.4 is 5.32 Å². The lowest BCUT2D eigenvalue weighted by Gasteiger charge is -1.89. The first-order valence-corrected chi connectivity index (χ1v) is 2.18. The van der Waals surface area contributed by atoms with Crippen LogP contribution in [0.4, 0.5) is 0 Å². The van der Waals surface area contributed by atoms with E-state index in [1.165, 1.54) is 6.08 Å². The second-order valence-corrected chi connectivity index (χ2v) is 1.13. The van der Waals surface area contributed by atoms with Gasteiger partial charge in [-0.3, -0.25) is 4.79 Å². The number of allylic oxidation sites excluding steroid dienone is 2. The van der Waals surface area contributed by atoms with Crippen molar-refractivity contribution in [2.75, 3.05) is 0 Å². The highest BCUT2D eigenvalue weighted by Crippen LogP contribution is 1.79. The summed E-state index contributed by atoms with van der Waals surface area (Å²) in [6.07, 6.45) is 11.5. The summed E-state index contributed by atoms with van der Waals surface area (Å²) in [5, 5.41) is 2.24. The number of rotatable bonds is 2. The lowest BCUT2D eigenvalue weighted by molar-refractivity contribution is -0.108. The molecule has 0 aliphatic rings. The van der Waals surface area contributed by atoms with Gasteiger partial charge < -0.3 is 5.32 Å². The van der Waals surface area contributed by atoms with Gasteiger partial charge >= 0.3 is 0 Å². The summed E-state index contributed by atoms with van der Waals surface area (Å²) in [4.78, 5) is 9.73. The van der Waals surface area contributed by atoms with Crippen LogP contribution in [0.15, 0.2) is 11.8 Å². The van der Waals surface area contributed by atoms with Crippen molar-refractivity contribution in [2.24, 2.45) is 0 Å². The first-order valence-electron chi connectivity index (χ1n) is 2.18. The second-order valence-electron chi connectivity index (χ2n) is 1.13. The highest BCUT2D eigenvalue weighted by molar-refractivity contribution is 5.53. The largest absolute Gasteiger partial charge is 0.321 e. The summed E-state index contributed by atoms with van der Waals surface area (Å²) >= 11 is 0. The third-order valence-electron chi connectivity index (χ3n) is 0.598. The molecule has 1 amide bonds. The molecule has 0 fully saturated rings. The molecule has 2 heteroatoms. The number of hydrogen-bond acceptors (Lipinski definition) is 1. The fraction of sp³-hybridized carbons (Fsp3) is 0. The van der Waals surface area contributed by atoms with E-state index in [-0.39, 0.29) is 0 Å². The molecule has 44 valence electrons. The molecule has 1 N–H and O–H groups in total. The van der Waals surface area contributed by atoms with Crippen molar-refractivity contribution in [3.05, 3.63) is 11.8 Å². The molecule has 0 aliphatic heterocycles. The maximum atomic E-state index is 9.73. The molecule has 0 heterocycles. The van der Waals surface area contributed by atoms with Crippen LogP contribution in [0.5, 0.6) is 0 Å². The molecule has 2 nitrogen and oxygen atoms in total. The summed E-state index contributed by atoms with van der Waals surface area (Å²) in [6.45, 7) is 0. The van der Waals surface area contributed by atoms with Crippen molar-refractivity contribution < 1.29 is 4.79 Å². The number of carbonyl (C=O) groups is 1. The molecule has 0 atom stereocenters. The number of hydrogen-bond donors (Lipinski definition) is 1. The van der Waals surface area contributed by atoms with E-state index in [4.69, 9.17) is 12.8 Å².